The average molecular weight is 338 g/mol. The molecule has 118 valence electrons. The molecule has 1 aliphatic heterocycles. The van der Waals surface area contributed by atoms with Crippen molar-refractivity contribution < 1.29 is 4.79 Å². The normalized spacial score (nSPS) is 33.9. The molecule has 2 bridgehead atoms. The first kappa shape index (κ1) is 14.8. The van der Waals surface area contributed by atoms with Crippen LogP contribution in [0.5, 0.6) is 0 Å². The van der Waals surface area contributed by atoms with E-state index in [9.17, 15) is 4.79 Å². The van der Waals surface area contributed by atoms with E-state index in [1.165, 1.54) is 25.7 Å². The van der Waals surface area contributed by atoms with Gasteiger partial charge in [-0.25, -0.2) is 0 Å². The summed E-state index contributed by atoms with van der Waals surface area (Å²) in [4.78, 5) is 15.0. The second-order valence-corrected chi connectivity index (χ2v) is 8.04. The van der Waals surface area contributed by atoms with Gasteiger partial charge < -0.3 is 4.90 Å². The van der Waals surface area contributed by atoms with E-state index >= 15 is 0 Å². The number of benzene rings is 1. The highest BCUT2D eigenvalue weighted by molar-refractivity contribution is 6.35. The molecule has 2 nitrogen and oxygen atoms in total. The van der Waals surface area contributed by atoms with Gasteiger partial charge in [-0.05, 0) is 61.6 Å². The molecule has 0 spiro atoms. The predicted octanol–water partition coefficient (Wildman–Crippen LogP) is 4.57. The number of hydrogen-bond acceptors (Lipinski definition) is 1. The second-order valence-electron chi connectivity index (χ2n) is 7.20. The summed E-state index contributed by atoms with van der Waals surface area (Å²) in [6.07, 6.45) is 7.00. The SMILES string of the molecule is O=C1C(Cc2ccc(Cl)cc2Cl)CCN1C1CC2CCC1C2. The maximum absolute atomic E-state index is 12.8. The average Bonchev–Trinajstić information content (AvgIpc) is 3.18. The van der Waals surface area contributed by atoms with Gasteiger partial charge in [0, 0.05) is 28.5 Å². The highest BCUT2D eigenvalue weighted by Gasteiger charge is 2.46. The Morgan fingerprint density at radius 3 is 2.68 bits per heavy atom. The molecule has 22 heavy (non-hydrogen) atoms. The molecule has 2 aliphatic carbocycles. The minimum atomic E-state index is 0.0952. The molecule has 0 N–H and O–H groups in total. The maximum atomic E-state index is 12.8. The summed E-state index contributed by atoms with van der Waals surface area (Å²) < 4.78 is 0. The Labute approximate surface area is 141 Å². The zero-order valence-electron chi connectivity index (χ0n) is 12.6. The van der Waals surface area contributed by atoms with Crippen molar-refractivity contribution in [2.45, 2.75) is 44.6 Å². The zero-order valence-corrected chi connectivity index (χ0v) is 14.1. The van der Waals surface area contributed by atoms with Crippen molar-refractivity contribution >= 4 is 29.1 Å². The lowest BCUT2D eigenvalue weighted by Crippen LogP contribution is -2.41. The minimum absolute atomic E-state index is 0.0952. The summed E-state index contributed by atoms with van der Waals surface area (Å²) in [6, 6.07) is 6.11. The topological polar surface area (TPSA) is 20.3 Å². The molecule has 1 aromatic carbocycles. The number of carbonyl (C=O) groups is 1. The van der Waals surface area contributed by atoms with Crippen LogP contribution >= 0.6 is 23.2 Å². The molecule has 4 heteroatoms. The summed E-state index contributed by atoms with van der Waals surface area (Å²) in [7, 11) is 0. The number of amides is 1. The number of hydrogen-bond donors (Lipinski definition) is 0. The molecule has 1 saturated heterocycles. The van der Waals surface area contributed by atoms with Crippen LogP contribution in [-0.4, -0.2) is 23.4 Å². The van der Waals surface area contributed by atoms with Crippen molar-refractivity contribution in [1.29, 1.82) is 0 Å². The number of nitrogens with zero attached hydrogens (tertiary/aromatic N) is 1. The van der Waals surface area contributed by atoms with Gasteiger partial charge in [0.2, 0.25) is 5.91 Å². The molecule has 1 amide bonds. The Morgan fingerprint density at radius 1 is 1.14 bits per heavy atom. The van der Waals surface area contributed by atoms with E-state index in [1.807, 2.05) is 12.1 Å². The molecule has 0 aromatic heterocycles. The van der Waals surface area contributed by atoms with Gasteiger partial charge in [0.1, 0.15) is 0 Å². The molecule has 4 unspecified atom stereocenters. The zero-order chi connectivity index (χ0) is 15.3. The summed E-state index contributed by atoms with van der Waals surface area (Å²) >= 11 is 12.2. The van der Waals surface area contributed by atoms with E-state index in [4.69, 9.17) is 23.2 Å². The summed E-state index contributed by atoms with van der Waals surface area (Å²) in [5, 5.41) is 1.33. The van der Waals surface area contributed by atoms with E-state index < -0.39 is 0 Å². The Hall–Kier alpha value is -0.730. The molecule has 1 heterocycles. The third-order valence-electron chi connectivity index (χ3n) is 5.93. The van der Waals surface area contributed by atoms with Crippen molar-refractivity contribution in [1.82, 2.24) is 4.90 Å². The number of fused-ring (bicyclic) bond motifs is 2. The second kappa shape index (κ2) is 5.72. The van der Waals surface area contributed by atoms with Crippen molar-refractivity contribution in [3.8, 4) is 0 Å². The minimum Gasteiger partial charge on any atom is -0.339 e. The number of rotatable bonds is 3. The van der Waals surface area contributed by atoms with E-state index in [0.717, 1.165) is 36.8 Å². The van der Waals surface area contributed by atoms with Gasteiger partial charge in [-0.2, -0.15) is 0 Å². The van der Waals surface area contributed by atoms with Crippen LogP contribution in [0.15, 0.2) is 18.2 Å². The molecule has 0 radical (unpaired) electrons. The molecule has 2 saturated carbocycles. The molecular weight excluding hydrogens is 317 g/mol. The van der Waals surface area contributed by atoms with Crippen molar-refractivity contribution in [2.75, 3.05) is 6.54 Å². The molecule has 4 atom stereocenters. The lowest BCUT2D eigenvalue weighted by molar-refractivity contribution is -0.133. The molecular formula is C18H21Cl2NO. The molecule has 3 fully saturated rings. The van der Waals surface area contributed by atoms with Gasteiger partial charge in [0.15, 0.2) is 0 Å². The first-order valence-electron chi connectivity index (χ1n) is 8.36. The Kier molecular flexibility index (Phi) is 3.86. The smallest absolute Gasteiger partial charge is 0.226 e. The van der Waals surface area contributed by atoms with Crippen LogP contribution in [-0.2, 0) is 11.2 Å². The summed E-state index contributed by atoms with van der Waals surface area (Å²) in [5.74, 6) is 2.10. The monoisotopic (exact) mass is 337 g/mol. The van der Waals surface area contributed by atoms with Gasteiger partial charge >= 0.3 is 0 Å². The third kappa shape index (κ3) is 2.55. The van der Waals surface area contributed by atoms with Gasteiger partial charge in [0.25, 0.3) is 0 Å². The Balaban J connectivity index is 1.45. The van der Waals surface area contributed by atoms with Crippen LogP contribution in [0, 0.1) is 17.8 Å². The number of halogens is 2. The van der Waals surface area contributed by atoms with E-state index in [-0.39, 0.29) is 5.92 Å². The number of likely N-dealkylation sites (tertiary alicyclic amines) is 1. The molecule has 4 rings (SSSR count). The van der Waals surface area contributed by atoms with Crippen LogP contribution in [0.25, 0.3) is 0 Å². The largest absolute Gasteiger partial charge is 0.339 e. The van der Waals surface area contributed by atoms with Gasteiger partial charge in [-0.3, -0.25) is 4.79 Å². The third-order valence-corrected chi connectivity index (χ3v) is 6.52. The fourth-order valence-electron chi connectivity index (χ4n) is 4.83. The fourth-order valence-corrected chi connectivity index (χ4v) is 5.31. The van der Waals surface area contributed by atoms with Crippen LogP contribution in [0.2, 0.25) is 10.0 Å². The lowest BCUT2D eigenvalue weighted by atomic mass is 9.94. The standard InChI is InChI=1S/C18H21Cl2NO/c19-15-4-3-12(16(20)10-15)9-14-5-6-21(18(14)22)17-8-11-1-2-13(17)7-11/h3-4,10-11,13-14,17H,1-2,5-9H2. The molecule has 1 aromatic rings. The highest BCUT2D eigenvalue weighted by Crippen LogP contribution is 2.48. The van der Waals surface area contributed by atoms with Crippen molar-refractivity contribution in [2.24, 2.45) is 17.8 Å². The first-order valence-corrected chi connectivity index (χ1v) is 9.12. The lowest BCUT2D eigenvalue weighted by Gasteiger charge is -2.31. The van der Waals surface area contributed by atoms with E-state index in [1.54, 1.807) is 6.07 Å². The van der Waals surface area contributed by atoms with Gasteiger partial charge in [0.05, 0.1) is 0 Å². The Bertz CT molecular complexity index is 603. The Morgan fingerprint density at radius 2 is 2.00 bits per heavy atom. The fraction of sp³-hybridized carbons (Fsp3) is 0.611. The number of carbonyl (C=O) groups excluding carboxylic acids is 1. The summed E-state index contributed by atoms with van der Waals surface area (Å²) in [5.41, 5.74) is 1.04. The van der Waals surface area contributed by atoms with Crippen LogP contribution in [0.3, 0.4) is 0 Å². The van der Waals surface area contributed by atoms with Crippen LogP contribution < -0.4 is 0 Å². The quantitative estimate of drug-likeness (QED) is 0.790. The van der Waals surface area contributed by atoms with Gasteiger partial charge in [-0.1, -0.05) is 35.7 Å². The van der Waals surface area contributed by atoms with Gasteiger partial charge in [-0.15, -0.1) is 0 Å². The molecule has 3 aliphatic rings. The van der Waals surface area contributed by atoms with E-state index in [2.05, 4.69) is 4.90 Å². The maximum Gasteiger partial charge on any atom is 0.226 e. The highest BCUT2D eigenvalue weighted by atomic mass is 35.5. The van der Waals surface area contributed by atoms with E-state index in [0.29, 0.717) is 22.0 Å². The predicted molar refractivity (Wildman–Crippen MR) is 89.2 cm³/mol. The summed E-state index contributed by atoms with van der Waals surface area (Å²) in [6.45, 7) is 0.933. The van der Waals surface area contributed by atoms with Crippen LogP contribution in [0.1, 0.15) is 37.7 Å². The van der Waals surface area contributed by atoms with Crippen LogP contribution in [0.4, 0.5) is 0 Å². The first-order chi connectivity index (χ1) is 10.6. The van der Waals surface area contributed by atoms with Crippen molar-refractivity contribution in [3.63, 3.8) is 0 Å². The van der Waals surface area contributed by atoms with Crippen molar-refractivity contribution in [3.05, 3.63) is 33.8 Å².